The molecule has 0 saturated heterocycles. The lowest BCUT2D eigenvalue weighted by Gasteiger charge is -2.24. The number of hydrogen-bond donors (Lipinski definition) is 1. The minimum atomic E-state index is 0.930. The van der Waals surface area contributed by atoms with E-state index < -0.39 is 0 Å². The maximum absolute atomic E-state index is 3.25. The van der Waals surface area contributed by atoms with Crippen molar-refractivity contribution in [1.82, 2.24) is 5.32 Å². The van der Waals surface area contributed by atoms with E-state index in [4.69, 9.17) is 0 Å². The van der Waals surface area contributed by atoms with Crippen molar-refractivity contribution >= 4 is 0 Å². The van der Waals surface area contributed by atoms with Crippen LogP contribution in [-0.4, -0.2) is 13.6 Å². The first-order chi connectivity index (χ1) is 6.29. The molecule has 0 spiro atoms. The second-order valence-corrected chi connectivity index (χ2v) is 4.63. The Bertz CT molecular complexity index is 133. The van der Waals surface area contributed by atoms with Crippen LogP contribution in [0.25, 0.3) is 0 Å². The van der Waals surface area contributed by atoms with Crippen LogP contribution in [0.15, 0.2) is 0 Å². The van der Waals surface area contributed by atoms with Gasteiger partial charge < -0.3 is 5.32 Å². The Labute approximate surface area is 83.3 Å². The molecule has 0 heterocycles. The molecule has 1 fully saturated rings. The van der Waals surface area contributed by atoms with Crippen LogP contribution in [0.5, 0.6) is 0 Å². The topological polar surface area (TPSA) is 12.0 Å². The van der Waals surface area contributed by atoms with Crippen LogP contribution in [0.1, 0.15) is 46.0 Å². The summed E-state index contributed by atoms with van der Waals surface area (Å²) in [5.74, 6) is 2.99. The van der Waals surface area contributed by atoms with Crippen molar-refractivity contribution in [2.24, 2.45) is 17.8 Å². The SMILES string of the molecule is CCC1CCCC1C(C)CCNC. The van der Waals surface area contributed by atoms with E-state index in [-0.39, 0.29) is 0 Å². The van der Waals surface area contributed by atoms with Gasteiger partial charge in [-0.1, -0.05) is 33.1 Å². The second-order valence-electron chi connectivity index (χ2n) is 4.63. The Morgan fingerprint density at radius 1 is 1.38 bits per heavy atom. The van der Waals surface area contributed by atoms with E-state index in [9.17, 15) is 0 Å². The molecule has 1 N–H and O–H groups in total. The molecular formula is C12H25N. The van der Waals surface area contributed by atoms with Gasteiger partial charge in [0.05, 0.1) is 0 Å². The summed E-state index contributed by atoms with van der Waals surface area (Å²) in [6.07, 6.45) is 7.22. The fourth-order valence-corrected chi connectivity index (χ4v) is 2.91. The average Bonchev–Trinajstić information content (AvgIpc) is 2.61. The molecule has 1 nitrogen and oxygen atoms in total. The zero-order valence-corrected chi connectivity index (χ0v) is 9.47. The largest absolute Gasteiger partial charge is 0.320 e. The van der Waals surface area contributed by atoms with Crippen LogP contribution in [0.4, 0.5) is 0 Å². The number of hydrogen-bond acceptors (Lipinski definition) is 1. The average molecular weight is 183 g/mol. The molecule has 0 aliphatic heterocycles. The molecule has 0 aromatic heterocycles. The van der Waals surface area contributed by atoms with Gasteiger partial charge in [-0.2, -0.15) is 0 Å². The third-order valence-electron chi connectivity index (χ3n) is 3.82. The van der Waals surface area contributed by atoms with Gasteiger partial charge in [-0.05, 0) is 44.2 Å². The van der Waals surface area contributed by atoms with Gasteiger partial charge in [-0.3, -0.25) is 0 Å². The number of nitrogens with one attached hydrogen (secondary N) is 1. The first kappa shape index (κ1) is 11.0. The van der Waals surface area contributed by atoms with E-state index in [1.54, 1.807) is 0 Å². The summed E-state index contributed by atoms with van der Waals surface area (Å²) >= 11 is 0. The first-order valence-electron chi connectivity index (χ1n) is 5.94. The van der Waals surface area contributed by atoms with Crippen molar-refractivity contribution in [2.75, 3.05) is 13.6 Å². The fraction of sp³-hybridized carbons (Fsp3) is 1.00. The van der Waals surface area contributed by atoms with Crippen LogP contribution >= 0.6 is 0 Å². The Hall–Kier alpha value is -0.0400. The molecule has 3 atom stereocenters. The molecule has 13 heavy (non-hydrogen) atoms. The van der Waals surface area contributed by atoms with Crippen molar-refractivity contribution in [3.05, 3.63) is 0 Å². The molecule has 1 aliphatic carbocycles. The van der Waals surface area contributed by atoms with Crippen molar-refractivity contribution < 1.29 is 0 Å². The summed E-state index contributed by atoms with van der Waals surface area (Å²) in [6, 6.07) is 0. The molecule has 0 radical (unpaired) electrons. The molecule has 1 heteroatoms. The van der Waals surface area contributed by atoms with E-state index in [0.717, 1.165) is 17.8 Å². The maximum Gasteiger partial charge on any atom is -0.00493 e. The molecular weight excluding hydrogens is 158 g/mol. The summed E-state index contributed by atoms with van der Waals surface area (Å²) in [5.41, 5.74) is 0. The molecule has 0 aromatic rings. The van der Waals surface area contributed by atoms with Gasteiger partial charge in [-0.25, -0.2) is 0 Å². The highest BCUT2D eigenvalue weighted by molar-refractivity contribution is 4.80. The van der Waals surface area contributed by atoms with E-state index in [0.29, 0.717) is 0 Å². The molecule has 78 valence electrons. The van der Waals surface area contributed by atoms with E-state index in [1.165, 1.54) is 38.6 Å². The first-order valence-corrected chi connectivity index (χ1v) is 5.94. The van der Waals surface area contributed by atoms with Gasteiger partial charge >= 0.3 is 0 Å². The molecule has 0 amide bonds. The van der Waals surface area contributed by atoms with Gasteiger partial charge in [0.2, 0.25) is 0 Å². The molecule has 0 bridgehead atoms. The van der Waals surface area contributed by atoms with Crippen molar-refractivity contribution in [3.8, 4) is 0 Å². The van der Waals surface area contributed by atoms with Gasteiger partial charge in [0.25, 0.3) is 0 Å². The molecule has 0 aromatic carbocycles. The lowest BCUT2D eigenvalue weighted by molar-refractivity contribution is 0.259. The van der Waals surface area contributed by atoms with Crippen LogP contribution in [0, 0.1) is 17.8 Å². The third-order valence-corrected chi connectivity index (χ3v) is 3.82. The minimum absolute atomic E-state index is 0.930. The molecule has 1 saturated carbocycles. The summed E-state index contributed by atoms with van der Waals surface area (Å²) in [4.78, 5) is 0. The zero-order valence-electron chi connectivity index (χ0n) is 9.47. The van der Waals surface area contributed by atoms with Crippen LogP contribution in [-0.2, 0) is 0 Å². The van der Waals surface area contributed by atoms with Gasteiger partial charge in [0.1, 0.15) is 0 Å². The van der Waals surface area contributed by atoms with Gasteiger partial charge in [0.15, 0.2) is 0 Å². The maximum atomic E-state index is 3.25. The van der Waals surface area contributed by atoms with Gasteiger partial charge in [-0.15, -0.1) is 0 Å². The Kier molecular flexibility index (Phi) is 4.79. The Morgan fingerprint density at radius 2 is 2.15 bits per heavy atom. The van der Waals surface area contributed by atoms with Crippen LogP contribution < -0.4 is 5.32 Å². The quantitative estimate of drug-likeness (QED) is 0.691. The fourth-order valence-electron chi connectivity index (χ4n) is 2.91. The standard InChI is InChI=1S/C12H25N/c1-4-11-6-5-7-12(11)10(2)8-9-13-3/h10-13H,4-9H2,1-3H3. The van der Waals surface area contributed by atoms with E-state index in [1.807, 2.05) is 0 Å². The highest BCUT2D eigenvalue weighted by Crippen LogP contribution is 2.39. The van der Waals surface area contributed by atoms with E-state index >= 15 is 0 Å². The molecule has 1 rings (SSSR count). The zero-order chi connectivity index (χ0) is 9.68. The smallest absolute Gasteiger partial charge is 0.00493 e. The lowest BCUT2D eigenvalue weighted by atomic mass is 9.82. The lowest BCUT2D eigenvalue weighted by Crippen LogP contribution is -2.20. The Balaban J connectivity index is 2.31. The highest BCUT2D eigenvalue weighted by atomic mass is 14.8. The summed E-state index contributed by atoms with van der Waals surface area (Å²) in [5, 5.41) is 3.25. The predicted octanol–water partition coefficient (Wildman–Crippen LogP) is 3.06. The highest BCUT2D eigenvalue weighted by Gasteiger charge is 2.29. The summed E-state index contributed by atoms with van der Waals surface area (Å²) in [6.45, 7) is 5.98. The second kappa shape index (κ2) is 5.64. The summed E-state index contributed by atoms with van der Waals surface area (Å²) < 4.78 is 0. The predicted molar refractivity (Wildman–Crippen MR) is 58.8 cm³/mol. The van der Waals surface area contributed by atoms with Crippen LogP contribution in [0.3, 0.4) is 0 Å². The minimum Gasteiger partial charge on any atom is -0.320 e. The van der Waals surface area contributed by atoms with Gasteiger partial charge in [0, 0.05) is 0 Å². The van der Waals surface area contributed by atoms with Crippen molar-refractivity contribution in [3.63, 3.8) is 0 Å². The molecule has 3 unspecified atom stereocenters. The van der Waals surface area contributed by atoms with E-state index in [2.05, 4.69) is 26.2 Å². The monoisotopic (exact) mass is 183 g/mol. The Morgan fingerprint density at radius 3 is 2.77 bits per heavy atom. The van der Waals surface area contributed by atoms with Crippen LogP contribution in [0.2, 0.25) is 0 Å². The van der Waals surface area contributed by atoms with Crippen molar-refractivity contribution in [2.45, 2.75) is 46.0 Å². The summed E-state index contributed by atoms with van der Waals surface area (Å²) in [7, 11) is 2.05. The molecule has 1 aliphatic rings. The normalized spacial score (nSPS) is 30.7. The third kappa shape index (κ3) is 2.98. The number of rotatable bonds is 5. The van der Waals surface area contributed by atoms with Crippen molar-refractivity contribution in [1.29, 1.82) is 0 Å².